The van der Waals surface area contributed by atoms with Gasteiger partial charge in [-0.1, -0.05) is 18.8 Å². The average Bonchev–Trinajstić information content (AvgIpc) is 2.63. The molecule has 1 aliphatic rings. The lowest BCUT2D eigenvalue weighted by atomic mass is 10.0. The van der Waals surface area contributed by atoms with Gasteiger partial charge in [-0.05, 0) is 53.3 Å². The number of sulfonamides is 1. The fourth-order valence-corrected chi connectivity index (χ4v) is 5.01. The normalized spacial score (nSPS) is 22.8. The zero-order valence-corrected chi connectivity index (χ0v) is 19.0. The van der Waals surface area contributed by atoms with E-state index in [0.29, 0.717) is 24.4 Å². The van der Waals surface area contributed by atoms with Crippen molar-refractivity contribution in [3.8, 4) is 17.6 Å². The van der Waals surface area contributed by atoms with E-state index in [1.807, 2.05) is 44.9 Å². The zero-order valence-electron chi connectivity index (χ0n) is 18.2. The molecule has 7 nitrogen and oxygen atoms in total. The van der Waals surface area contributed by atoms with Gasteiger partial charge in [0.1, 0.15) is 16.7 Å². The van der Waals surface area contributed by atoms with Gasteiger partial charge in [0, 0.05) is 30.6 Å². The topological polar surface area (TPSA) is 73.3 Å². The Kier molecular flexibility index (Phi) is 8.09. The van der Waals surface area contributed by atoms with Crippen LogP contribution in [-0.4, -0.2) is 94.2 Å². The summed E-state index contributed by atoms with van der Waals surface area (Å²) in [5.41, 5.74) is 0.708. The summed E-state index contributed by atoms with van der Waals surface area (Å²) in [4.78, 5) is 4.11. The van der Waals surface area contributed by atoms with Crippen molar-refractivity contribution in [3.05, 3.63) is 23.8 Å². The molecular weight excluding hydrogens is 390 g/mol. The van der Waals surface area contributed by atoms with Gasteiger partial charge in [-0.15, -0.1) is 0 Å². The summed E-state index contributed by atoms with van der Waals surface area (Å²) in [5.74, 6) is 6.39. The maximum absolute atomic E-state index is 13.3. The Labute approximate surface area is 175 Å². The van der Waals surface area contributed by atoms with Gasteiger partial charge in [0.2, 0.25) is 10.0 Å². The van der Waals surface area contributed by atoms with Crippen molar-refractivity contribution in [2.75, 3.05) is 54.4 Å². The number of likely N-dealkylation sites (N-methyl/N-ethyl adjacent to an activating group) is 1. The number of rotatable bonds is 5. The highest BCUT2D eigenvalue weighted by Gasteiger charge is 2.37. The molecule has 1 N–H and O–H groups in total. The number of hydrogen-bond acceptors (Lipinski definition) is 6. The van der Waals surface area contributed by atoms with Gasteiger partial charge in [0.25, 0.3) is 0 Å². The van der Waals surface area contributed by atoms with Crippen molar-refractivity contribution in [1.29, 1.82) is 0 Å². The quantitative estimate of drug-likeness (QED) is 0.711. The van der Waals surface area contributed by atoms with E-state index >= 15 is 0 Å². The van der Waals surface area contributed by atoms with Crippen LogP contribution in [0.4, 0.5) is 0 Å². The van der Waals surface area contributed by atoms with Crippen LogP contribution >= 0.6 is 0 Å². The second-order valence-corrected chi connectivity index (χ2v) is 10.1. The van der Waals surface area contributed by atoms with E-state index in [4.69, 9.17) is 4.74 Å². The van der Waals surface area contributed by atoms with E-state index in [1.165, 1.54) is 4.31 Å². The summed E-state index contributed by atoms with van der Waals surface area (Å²) in [6.07, 6.45) is -0.197. The molecule has 1 aromatic carbocycles. The summed E-state index contributed by atoms with van der Waals surface area (Å²) in [7, 11) is 3.99. The number of nitrogens with zero attached hydrogens (tertiary/aromatic N) is 3. The van der Waals surface area contributed by atoms with Gasteiger partial charge >= 0.3 is 0 Å². The molecule has 8 heteroatoms. The third-order valence-electron chi connectivity index (χ3n) is 4.84. The number of aliphatic hydroxyl groups is 1. The smallest absolute Gasteiger partial charge is 0.247 e. The summed E-state index contributed by atoms with van der Waals surface area (Å²) in [6.45, 7) is 5.00. The lowest BCUT2D eigenvalue weighted by molar-refractivity contribution is 0.0812. The van der Waals surface area contributed by atoms with Crippen LogP contribution < -0.4 is 4.74 Å². The van der Waals surface area contributed by atoms with E-state index in [1.54, 1.807) is 25.1 Å². The SMILES string of the molecule is C[C@@H]1CN([C@@H](C)CO)S(=O)(=O)c2ccc(C#CCN(C)C)cc2O[C@@H]1CN(C)C. The minimum absolute atomic E-state index is 0.0576. The lowest BCUT2D eigenvalue weighted by Crippen LogP contribution is -2.49. The molecule has 0 unspecified atom stereocenters. The van der Waals surface area contributed by atoms with Crippen LogP contribution in [0.1, 0.15) is 19.4 Å². The molecule has 2 rings (SSSR count). The monoisotopic (exact) mass is 423 g/mol. The summed E-state index contributed by atoms with van der Waals surface area (Å²) in [5, 5.41) is 9.65. The Morgan fingerprint density at radius 2 is 1.97 bits per heavy atom. The molecule has 0 radical (unpaired) electrons. The Balaban J connectivity index is 2.56. The van der Waals surface area contributed by atoms with Crippen LogP contribution in [0, 0.1) is 17.8 Å². The predicted molar refractivity (Wildman–Crippen MR) is 114 cm³/mol. The Hall–Kier alpha value is -1.63. The molecule has 162 valence electrons. The molecule has 0 amide bonds. The zero-order chi connectivity index (χ0) is 21.8. The third kappa shape index (κ3) is 5.93. The average molecular weight is 424 g/mol. The van der Waals surface area contributed by atoms with Crippen LogP contribution in [-0.2, 0) is 10.0 Å². The molecule has 3 atom stereocenters. The van der Waals surface area contributed by atoms with Crippen LogP contribution in [0.3, 0.4) is 0 Å². The first kappa shape index (κ1) is 23.6. The van der Waals surface area contributed by atoms with Crippen molar-refractivity contribution < 1.29 is 18.3 Å². The van der Waals surface area contributed by atoms with Gasteiger partial charge in [0.15, 0.2) is 0 Å². The molecule has 0 saturated heterocycles. The highest BCUT2D eigenvalue weighted by atomic mass is 32.2. The lowest BCUT2D eigenvalue weighted by Gasteiger charge is -2.37. The molecule has 29 heavy (non-hydrogen) atoms. The van der Waals surface area contributed by atoms with Crippen molar-refractivity contribution in [3.63, 3.8) is 0 Å². The van der Waals surface area contributed by atoms with Crippen LogP contribution in [0.5, 0.6) is 5.75 Å². The van der Waals surface area contributed by atoms with Crippen molar-refractivity contribution in [2.45, 2.75) is 30.9 Å². The Bertz CT molecular complexity index is 858. The summed E-state index contributed by atoms with van der Waals surface area (Å²) >= 11 is 0. The number of benzene rings is 1. The van der Waals surface area contributed by atoms with Gasteiger partial charge in [-0.2, -0.15) is 4.31 Å². The first-order valence-electron chi connectivity index (χ1n) is 9.78. The molecular formula is C21H33N3O4S. The van der Waals surface area contributed by atoms with Crippen molar-refractivity contribution in [1.82, 2.24) is 14.1 Å². The van der Waals surface area contributed by atoms with E-state index in [9.17, 15) is 13.5 Å². The molecule has 0 fully saturated rings. The number of aliphatic hydroxyl groups excluding tert-OH is 1. The number of fused-ring (bicyclic) bond motifs is 1. The molecule has 1 aromatic rings. The van der Waals surface area contributed by atoms with Gasteiger partial charge in [-0.25, -0.2) is 8.42 Å². The third-order valence-corrected chi connectivity index (χ3v) is 6.86. The maximum atomic E-state index is 13.3. The van der Waals surface area contributed by atoms with Crippen LogP contribution in [0.15, 0.2) is 23.1 Å². The number of hydrogen-bond donors (Lipinski definition) is 1. The van der Waals surface area contributed by atoms with Gasteiger partial charge < -0.3 is 14.7 Å². The second-order valence-electron chi connectivity index (χ2n) is 8.20. The fraction of sp³-hybridized carbons (Fsp3) is 0.619. The first-order valence-corrected chi connectivity index (χ1v) is 11.2. The molecule has 0 spiro atoms. The van der Waals surface area contributed by atoms with E-state index in [0.717, 1.165) is 0 Å². The maximum Gasteiger partial charge on any atom is 0.247 e. The van der Waals surface area contributed by atoms with Crippen molar-refractivity contribution in [2.24, 2.45) is 5.92 Å². The number of ether oxygens (including phenoxy) is 1. The van der Waals surface area contributed by atoms with Crippen molar-refractivity contribution >= 4 is 10.0 Å². The first-order chi connectivity index (χ1) is 13.6. The van der Waals surface area contributed by atoms with Crippen LogP contribution in [0.2, 0.25) is 0 Å². The Morgan fingerprint density at radius 3 is 2.55 bits per heavy atom. The van der Waals surface area contributed by atoms with E-state index < -0.39 is 16.1 Å². The second kappa shape index (κ2) is 9.92. The molecule has 0 aliphatic carbocycles. The molecule has 1 heterocycles. The summed E-state index contributed by atoms with van der Waals surface area (Å²) in [6, 6.07) is 4.45. The van der Waals surface area contributed by atoms with Gasteiger partial charge in [-0.3, -0.25) is 4.90 Å². The molecule has 0 saturated carbocycles. The van der Waals surface area contributed by atoms with Crippen LogP contribution in [0.25, 0.3) is 0 Å². The highest BCUT2D eigenvalue weighted by molar-refractivity contribution is 7.89. The minimum atomic E-state index is -3.81. The Morgan fingerprint density at radius 1 is 1.28 bits per heavy atom. The predicted octanol–water partition coefficient (Wildman–Crippen LogP) is 0.930. The molecule has 0 aromatic heterocycles. The van der Waals surface area contributed by atoms with E-state index in [-0.39, 0.29) is 30.1 Å². The van der Waals surface area contributed by atoms with Gasteiger partial charge in [0.05, 0.1) is 13.2 Å². The summed E-state index contributed by atoms with van der Waals surface area (Å²) < 4.78 is 34.3. The van der Waals surface area contributed by atoms with E-state index in [2.05, 4.69) is 11.8 Å². The molecule has 0 bridgehead atoms. The largest absolute Gasteiger partial charge is 0.487 e. The standard InChI is InChI=1S/C21H33N3O4S/c1-16-13-24(17(2)15-25)29(26,27)21-10-9-18(8-7-11-22(3)4)12-19(21)28-20(16)14-23(5)6/h9-10,12,16-17,20,25H,11,13-15H2,1-6H3/t16-,17+,20-/m1/s1. The fourth-order valence-electron chi connectivity index (χ4n) is 3.18. The minimum Gasteiger partial charge on any atom is -0.487 e. The molecule has 1 aliphatic heterocycles. The highest BCUT2D eigenvalue weighted by Crippen LogP contribution is 2.34.